The van der Waals surface area contributed by atoms with Crippen molar-refractivity contribution in [2.75, 3.05) is 0 Å². The maximum Gasteiger partial charge on any atom is -0.0324 e. The van der Waals surface area contributed by atoms with Crippen LogP contribution in [0.2, 0.25) is 0 Å². The van der Waals surface area contributed by atoms with Crippen LogP contribution in [0.15, 0.2) is 0 Å². The predicted molar refractivity (Wildman–Crippen MR) is 110 cm³/mol. The Kier molecular flexibility index (Phi) is 6.27. The largest absolute Gasteiger partial charge is 0.0622 e. The summed E-state index contributed by atoms with van der Waals surface area (Å²) in [4.78, 5) is 0. The first-order chi connectivity index (χ1) is 11.8. The van der Waals surface area contributed by atoms with E-state index in [9.17, 15) is 0 Å². The van der Waals surface area contributed by atoms with Crippen molar-refractivity contribution in [3.05, 3.63) is 0 Å². The first-order valence-corrected chi connectivity index (χ1v) is 11.8. The summed E-state index contributed by atoms with van der Waals surface area (Å²) in [5.41, 5.74) is 0. The number of hydrogen-bond donors (Lipinski definition) is 0. The van der Waals surface area contributed by atoms with Crippen molar-refractivity contribution < 1.29 is 0 Å². The average molecular weight is 347 g/mol. The number of rotatable bonds is 2. The molecular formula is C25H46. The quantitative estimate of drug-likeness (QED) is 0.481. The Balaban J connectivity index is 1.89. The van der Waals surface area contributed by atoms with Crippen molar-refractivity contribution in [1.29, 1.82) is 0 Å². The van der Waals surface area contributed by atoms with Gasteiger partial charge in [-0.15, -0.1) is 0 Å². The Morgan fingerprint density at radius 3 is 1.52 bits per heavy atom. The van der Waals surface area contributed by atoms with Gasteiger partial charge >= 0.3 is 0 Å². The molecule has 0 nitrogen and oxygen atoms in total. The molecule has 3 aliphatic rings. The van der Waals surface area contributed by atoms with Crippen LogP contribution in [0.5, 0.6) is 0 Å². The minimum atomic E-state index is 0.904. The summed E-state index contributed by atoms with van der Waals surface area (Å²) in [7, 11) is 0. The molecule has 0 radical (unpaired) electrons. The lowest BCUT2D eigenvalue weighted by molar-refractivity contribution is -0.0878. The molecular weight excluding hydrogens is 300 g/mol. The molecule has 0 bridgehead atoms. The first kappa shape index (κ1) is 19.8. The van der Waals surface area contributed by atoms with E-state index < -0.39 is 0 Å². The maximum atomic E-state index is 2.68. The maximum absolute atomic E-state index is 2.68. The van der Waals surface area contributed by atoms with E-state index in [0.717, 1.165) is 65.1 Å². The second-order valence-corrected chi connectivity index (χ2v) is 11.0. The van der Waals surface area contributed by atoms with Gasteiger partial charge in [-0.05, 0) is 71.5 Å². The van der Waals surface area contributed by atoms with Crippen LogP contribution in [0, 0.1) is 65.1 Å². The molecule has 0 aromatic carbocycles. The summed E-state index contributed by atoms with van der Waals surface area (Å²) in [5, 5.41) is 0. The molecule has 25 heavy (non-hydrogen) atoms. The molecule has 10 atom stereocenters. The molecule has 10 unspecified atom stereocenters. The second kappa shape index (κ2) is 7.93. The van der Waals surface area contributed by atoms with Crippen molar-refractivity contribution in [2.45, 2.75) is 93.4 Å². The van der Waals surface area contributed by atoms with Crippen LogP contribution in [0.1, 0.15) is 93.4 Å². The van der Waals surface area contributed by atoms with E-state index >= 15 is 0 Å². The van der Waals surface area contributed by atoms with Crippen molar-refractivity contribution in [3.8, 4) is 0 Å². The van der Waals surface area contributed by atoms with Gasteiger partial charge in [0.25, 0.3) is 0 Å². The fourth-order valence-electron chi connectivity index (χ4n) is 8.26. The zero-order valence-electron chi connectivity index (χ0n) is 18.3. The van der Waals surface area contributed by atoms with Gasteiger partial charge in [0, 0.05) is 0 Å². The second-order valence-electron chi connectivity index (χ2n) is 11.0. The predicted octanol–water partition coefficient (Wildman–Crippen LogP) is 7.68. The van der Waals surface area contributed by atoms with Gasteiger partial charge in [-0.25, -0.2) is 0 Å². The van der Waals surface area contributed by atoms with Gasteiger partial charge in [0.05, 0.1) is 0 Å². The summed E-state index contributed by atoms with van der Waals surface area (Å²) in [6, 6.07) is 0. The van der Waals surface area contributed by atoms with Crippen LogP contribution in [0.4, 0.5) is 0 Å². The highest BCUT2D eigenvalue weighted by Crippen LogP contribution is 2.57. The van der Waals surface area contributed by atoms with Gasteiger partial charge in [0.15, 0.2) is 0 Å². The van der Waals surface area contributed by atoms with E-state index in [1.807, 2.05) is 0 Å². The van der Waals surface area contributed by atoms with Crippen LogP contribution in [-0.4, -0.2) is 0 Å². The Labute approximate surface area is 158 Å². The Morgan fingerprint density at radius 2 is 0.920 bits per heavy atom. The fourth-order valence-corrected chi connectivity index (χ4v) is 8.26. The Bertz CT molecular complexity index is 416. The SMILES string of the molecule is CC1CCCCC1C1C(C)C(C)C(C)C(C2C(C)CCCC2C)C1C. The normalized spacial score (nSPS) is 55.1. The van der Waals surface area contributed by atoms with E-state index in [0.29, 0.717) is 0 Å². The average Bonchev–Trinajstić information content (AvgIpc) is 2.57. The van der Waals surface area contributed by atoms with Crippen molar-refractivity contribution in [3.63, 3.8) is 0 Å². The molecule has 0 aromatic rings. The fraction of sp³-hybridized carbons (Fsp3) is 1.00. The molecule has 3 saturated carbocycles. The third kappa shape index (κ3) is 3.58. The molecule has 0 aromatic heterocycles. The summed E-state index contributed by atoms with van der Waals surface area (Å²) in [6.07, 6.45) is 10.4. The van der Waals surface area contributed by atoms with Gasteiger partial charge in [-0.2, -0.15) is 0 Å². The standard InChI is InChI=1S/C25H46/c1-15-11-8-9-14-22(15)24-19(5)18(4)20(6)25(21(24)7)23-16(2)12-10-13-17(23)3/h15-25H,8-14H2,1-7H3. The molecule has 0 saturated heterocycles. The van der Waals surface area contributed by atoms with Crippen LogP contribution in [0.25, 0.3) is 0 Å². The van der Waals surface area contributed by atoms with Gasteiger partial charge in [0.2, 0.25) is 0 Å². The lowest BCUT2D eigenvalue weighted by Crippen LogP contribution is -2.51. The molecule has 3 fully saturated rings. The highest BCUT2D eigenvalue weighted by Gasteiger charge is 2.51. The lowest BCUT2D eigenvalue weighted by Gasteiger charge is -2.57. The minimum Gasteiger partial charge on any atom is -0.0622 e. The lowest BCUT2D eigenvalue weighted by atomic mass is 9.48. The van der Waals surface area contributed by atoms with Crippen molar-refractivity contribution >= 4 is 0 Å². The van der Waals surface area contributed by atoms with E-state index in [-0.39, 0.29) is 0 Å². The van der Waals surface area contributed by atoms with E-state index in [1.165, 1.54) is 44.9 Å². The molecule has 0 heterocycles. The molecule has 3 rings (SSSR count). The van der Waals surface area contributed by atoms with Crippen LogP contribution in [0.3, 0.4) is 0 Å². The summed E-state index contributed by atoms with van der Waals surface area (Å²) >= 11 is 0. The van der Waals surface area contributed by atoms with E-state index in [4.69, 9.17) is 0 Å². The monoisotopic (exact) mass is 346 g/mol. The Morgan fingerprint density at radius 1 is 0.400 bits per heavy atom. The third-order valence-electron chi connectivity index (χ3n) is 9.84. The topological polar surface area (TPSA) is 0 Å². The zero-order valence-corrected chi connectivity index (χ0v) is 18.3. The minimum absolute atomic E-state index is 0.904. The summed E-state index contributed by atoms with van der Waals surface area (Å²) in [6.45, 7) is 18.3. The van der Waals surface area contributed by atoms with Gasteiger partial charge in [0.1, 0.15) is 0 Å². The molecule has 0 heteroatoms. The molecule has 146 valence electrons. The molecule has 0 amide bonds. The highest BCUT2D eigenvalue weighted by molar-refractivity contribution is 4.99. The summed E-state index contributed by atoms with van der Waals surface area (Å²) < 4.78 is 0. The van der Waals surface area contributed by atoms with E-state index in [2.05, 4.69) is 48.5 Å². The van der Waals surface area contributed by atoms with Crippen LogP contribution < -0.4 is 0 Å². The smallest absolute Gasteiger partial charge is 0.0324 e. The van der Waals surface area contributed by atoms with Gasteiger partial charge in [-0.1, -0.05) is 87.0 Å². The third-order valence-corrected chi connectivity index (χ3v) is 9.84. The molecule has 0 N–H and O–H groups in total. The molecule has 0 aliphatic heterocycles. The van der Waals surface area contributed by atoms with Crippen molar-refractivity contribution in [2.24, 2.45) is 65.1 Å². The van der Waals surface area contributed by atoms with E-state index in [1.54, 1.807) is 0 Å². The van der Waals surface area contributed by atoms with Crippen LogP contribution >= 0.6 is 0 Å². The van der Waals surface area contributed by atoms with Gasteiger partial charge < -0.3 is 0 Å². The first-order valence-electron chi connectivity index (χ1n) is 11.8. The molecule has 0 spiro atoms. The summed E-state index contributed by atoms with van der Waals surface area (Å²) in [5.74, 6) is 10.5. The zero-order chi connectivity index (χ0) is 18.3. The highest BCUT2D eigenvalue weighted by atomic mass is 14.6. The molecule has 3 aliphatic carbocycles. The number of hydrogen-bond acceptors (Lipinski definition) is 0. The van der Waals surface area contributed by atoms with Gasteiger partial charge in [-0.3, -0.25) is 0 Å². The Hall–Kier alpha value is 0. The van der Waals surface area contributed by atoms with Crippen LogP contribution in [-0.2, 0) is 0 Å². The van der Waals surface area contributed by atoms with Crippen molar-refractivity contribution in [1.82, 2.24) is 0 Å².